The van der Waals surface area contributed by atoms with Gasteiger partial charge in [-0.25, -0.2) is 4.98 Å². The molecule has 0 aliphatic rings. The first-order valence-electron chi connectivity index (χ1n) is 5.14. The van der Waals surface area contributed by atoms with Crippen molar-refractivity contribution in [2.24, 2.45) is 0 Å². The molecule has 7 heteroatoms. The molecule has 0 fully saturated rings. The number of hydrogen-bond donors (Lipinski definition) is 2. The van der Waals surface area contributed by atoms with Gasteiger partial charge in [-0.1, -0.05) is 12.1 Å². The summed E-state index contributed by atoms with van der Waals surface area (Å²) in [6, 6.07) is 7.61. The van der Waals surface area contributed by atoms with E-state index < -0.39 is 0 Å². The first kappa shape index (κ1) is 11.2. The monoisotopic (exact) mass is 276 g/mol. The maximum absolute atomic E-state index is 11.7. The summed E-state index contributed by atoms with van der Waals surface area (Å²) in [6.45, 7) is 0. The predicted molar refractivity (Wildman–Crippen MR) is 73.1 cm³/mol. The van der Waals surface area contributed by atoms with E-state index in [1.54, 1.807) is 6.20 Å². The number of amides is 1. The first-order valence-corrected chi connectivity index (χ1v) is 6.79. The van der Waals surface area contributed by atoms with E-state index in [0.717, 1.165) is 27.7 Å². The van der Waals surface area contributed by atoms with E-state index >= 15 is 0 Å². The number of fused-ring (bicyclic) bond motifs is 1. The Balaban J connectivity index is 1.74. The molecular formula is C11H8N4OS2. The van der Waals surface area contributed by atoms with Crippen LogP contribution >= 0.6 is 23.3 Å². The van der Waals surface area contributed by atoms with Crippen LogP contribution in [0, 0.1) is 0 Å². The number of thioether (sulfide) groups is 1. The highest BCUT2D eigenvalue weighted by Gasteiger charge is 2.08. The molecular weight excluding hydrogens is 268 g/mol. The highest BCUT2D eigenvalue weighted by Crippen LogP contribution is 2.21. The lowest BCUT2D eigenvalue weighted by atomic mass is 10.3. The van der Waals surface area contributed by atoms with Gasteiger partial charge in [0.15, 0.2) is 0 Å². The van der Waals surface area contributed by atoms with Gasteiger partial charge >= 0.3 is 0 Å². The van der Waals surface area contributed by atoms with Crippen LogP contribution in [0.1, 0.15) is 0 Å². The second-order valence-corrected chi connectivity index (χ2v) is 5.18. The topological polar surface area (TPSA) is 70.7 Å². The molecule has 0 radical (unpaired) electrons. The van der Waals surface area contributed by atoms with E-state index in [1.165, 1.54) is 11.5 Å². The standard InChI is InChI=1S/C11H8N4OS2/c16-11(18-7-5-12-17-6-7)15-10-13-8-3-1-2-4-9(8)14-10/h1-6H,(H2,13,14,15,16). The van der Waals surface area contributed by atoms with E-state index in [4.69, 9.17) is 0 Å². The smallest absolute Gasteiger partial charge is 0.290 e. The Morgan fingerprint density at radius 1 is 1.39 bits per heavy atom. The normalized spacial score (nSPS) is 10.7. The highest BCUT2D eigenvalue weighted by molar-refractivity contribution is 8.14. The number of carbonyl (C=O) groups is 1. The summed E-state index contributed by atoms with van der Waals surface area (Å²) in [5, 5.41) is 4.34. The van der Waals surface area contributed by atoms with Crippen molar-refractivity contribution in [3.05, 3.63) is 35.8 Å². The number of anilines is 1. The van der Waals surface area contributed by atoms with Crippen molar-refractivity contribution < 1.29 is 4.79 Å². The Labute approximate surface area is 111 Å². The predicted octanol–water partition coefficient (Wildman–Crippen LogP) is 3.34. The lowest BCUT2D eigenvalue weighted by molar-refractivity contribution is 0.269. The molecule has 1 amide bonds. The Hall–Kier alpha value is -1.86. The quantitative estimate of drug-likeness (QED) is 0.704. The highest BCUT2D eigenvalue weighted by atomic mass is 32.2. The average Bonchev–Trinajstić information content (AvgIpc) is 2.96. The van der Waals surface area contributed by atoms with E-state index in [0.29, 0.717) is 5.95 Å². The van der Waals surface area contributed by atoms with Gasteiger partial charge < -0.3 is 4.98 Å². The summed E-state index contributed by atoms with van der Waals surface area (Å²) >= 11 is 2.41. The van der Waals surface area contributed by atoms with Gasteiger partial charge in [0.25, 0.3) is 5.24 Å². The zero-order valence-electron chi connectivity index (χ0n) is 9.08. The van der Waals surface area contributed by atoms with E-state index in [9.17, 15) is 4.79 Å². The molecule has 0 saturated carbocycles. The van der Waals surface area contributed by atoms with Gasteiger partial charge in [-0.15, -0.1) is 0 Å². The average molecular weight is 276 g/mol. The Morgan fingerprint density at radius 3 is 3.06 bits per heavy atom. The zero-order valence-corrected chi connectivity index (χ0v) is 10.7. The number of H-pyrrole nitrogens is 1. The fraction of sp³-hybridized carbons (Fsp3) is 0. The second-order valence-electron chi connectivity index (χ2n) is 3.48. The van der Waals surface area contributed by atoms with Gasteiger partial charge in [0.2, 0.25) is 5.95 Å². The van der Waals surface area contributed by atoms with Crippen LogP contribution in [0.15, 0.2) is 40.7 Å². The number of nitrogens with one attached hydrogen (secondary N) is 2. The van der Waals surface area contributed by atoms with E-state index in [1.807, 2.05) is 29.6 Å². The maximum Gasteiger partial charge on any atom is 0.290 e. The van der Waals surface area contributed by atoms with E-state index in [2.05, 4.69) is 19.7 Å². The minimum Gasteiger partial charge on any atom is -0.324 e. The van der Waals surface area contributed by atoms with Gasteiger partial charge in [-0.3, -0.25) is 10.1 Å². The summed E-state index contributed by atoms with van der Waals surface area (Å²) in [7, 11) is 0. The van der Waals surface area contributed by atoms with Crippen molar-refractivity contribution in [1.82, 2.24) is 14.3 Å². The van der Waals surface area contributed by atoms with E-state index in [-0.39, 0.29) is 5.24 Å². The molecule has 0 spiro atoms. The van der Waals surface area contributed by atoms with Crippen LogP contribution < -0.4 is 5.32 Å². The van der Waals surface area contributed by atoms with Crippen molar-refractivity contribution in [3.8, 4) is 0 Å². The van der Waals surface area contributed by atoms with Crippen LogP contribution in [-0.4, -0.2) is 19.6 Å². The molecule has 0 atom stereocenters. The lowest BCUT2D eigenvalue weighted by Crippen LogP contribution is -2.05. The first-order chi connectivity index (χ1) is 8.81. The molecule has 3 rings (SSSR count). The summed E-state index contributed by atoms with van der Waals surface area (Å²) in [5.41, 5.74) is 1.73. The van der Waals surface area contributed by atoms with Crippen LogP contribution in [-0.2, 0) is 0 Å². The molecule has 0 bridgehead atoms. The third-order valence-corrected chi connectivity index (χ3v) is 3.71. The Kier molecular flexibility index (Phi) is 2.99. The molecule has 3 aromatic rings. The Morgan fingerprint density at radius 2 is 2.28 bits per heavy atom. The molecule has 18 heavy (non-hydrogen) atoms. The van der Waals surface area contributed by atoms with Crippen LogP contribution in [0.25, 0.3) is 11.0 Å². The van der Waals surface area contributed by atoms with Crippen molar-refractivity contribution >= 4 is 45.5 Å². The zero-order chi connectivity index (χ0) is 12.4. The van der Waals surface area contributed by atoms with Gasteiger partial charge in [-0.05, 0) is 35.4 Å². The number of para-hydroxylation sites is 2. The lowest BCUT2D eigenvalue weighted by Gasteiger charge is -1.98. The molecule has 0 saturated heterocycles. The molecule has 90 valence electrons. The number of imidazole rings is 1. The second kappa shape index (κ2) is 4.79. The van der Waals surface area contributed by atoms with Gasteiger partial charge in [0.05, 0.1) is 17.2 Å². The molecule has 2 aromatic heterocycles. The summed E-state index contributed by atoms with van der Waals surface area (Å²) in [6.07, 6.45) is 1.66. The van der Waals surface area contributed by atoms with Crippen molar-refractivity contribution in [1.29, 1.82) is 0 Å². The van der Waals surface area contributed by atoms with Crippen LogP contribution in [0.2, 0.25) is 0 Å². The minimum absolute atomic E-state index is 0.186. The number of carbonyl (C=O) groups excluding carboxylic acids is 1. The minimum atomic E-state index is -0.186. The SMILES string of the molecule is O=C(Nc1nc2ccccc2[nH]1)Sc1cnsc1. The van der Waals surface area contributed by atoms with Crippen molar-refractivity contribution in [2.75, 3.05) is 5.32 Å². The van der Waals surface area contributed by atoms with Crippen LogP contribution in [0.5, 0.6) is 0 Å². The molecule has 2 heterocycles. The Bertz CT molecular complexity index is 644. The van der Waals surface area contributed by atoms with Crippen molar-refractivity contribution in [3.63, 3.8) is 0 Å². The van der Waals surface area contributed by atoms with Gasteiger partial charge in [0.1, 0.15) is 0 Å². The third kappa shape index (κ3) is 2.36. The fourth-order valence-corrected chi connectivity index (χ4v) is 2.74. The van der Waals surface area contributed by atoms with Crippen LogP contribution in [0.4, 0.5) is 10.7 Å². The van der Waals surface area contributed by atoms with Gasteiger partial charge in [-0.2, -0.15) is 4.37 Å². The molecule has 0 aliphatic heterocycles. The summed E-state index contributed by atoms with van der Waals surface area (Å²) in [5.74, 6) is 0.455. The summed E-state index contributed by atoms with van der Waals surface area (Å²) < 4.78 is 3.93. The molecule has 2 N–H and O–H groups in total. The number of rotatable bonds is 2. The number of nitrogens with zero attached hydrogens (tertiary/aromatic N) is 2. The number of benzene rings is 1. The van der Waals surface area contributed by atoms with Crippen LogP contribution in [0.3, 0.4) is 0 Å². The summed E-state index contributed by atoms with van der Waals surface area (Å²) in [4.78, 5) is 19.9. The fourth-order valence-electron chi connectivity index (χ4n) is 1.49. The molecule has 0 unspecified atom stereocenters. The third-order valence-electron chi connectivity index (χ3n) is 2.23. The molecule has 0 aliphatic carbocycles. The number of aromatic nitrogens is 3. The molecule has 5 nitrogen and oxygen atoms in total. The van der Waals surface area contributed by atoms with Gasteiger partial charge in [0, 0.05) is 10.3 Å². The molecule has 1 aromatic carbocycles. The number of aromatic amines is 1. The largest absolute Gasteiger partial charge is 0.324 e. The van der Waals surface area contributed by atoms with Crippen molar-refractivity contribution in [2.45, 2.75) is 4.90 Å². The number of hydrogen-bond acceptors (Lipinski definition) is 5. The maximum atomic E-state index is 11.7.